The molecule has 0 aromatic heterocycles. The number of hydrogen-bond acceptors (Lipinski definition) is 5. The van der Waals surface area contributed by atoms with Gasteiger partial charge < -0.3 is 26.6 Å². The molecule has 1 rings (SSSR count). The van der Waals surface area contributed by atoms with Crippen LogP contribution >= 0.6 is 0 Å². The number of aliphatic carboxylic acids is 1. The largest absolute Gasteiger partial charge is 0.480 e. The minimum Gasteiger partial charge on any atom is -0.480 e. The molecule has 0 spiro atoms. The number of aliphatic hydroxyl groups excluding tert-OH is 1. The number of benzene rings is 1. The van der Waals surface area contributed by atoms with Crippen LogP contribution in [-0.4, -0.2) is 52.7 Å². The standard InChI is InChI=1S/C17H25N3O5/c1-10(2)14(17(24)25)20-16(23)13(19-15(22)12(18)9-21)8-11-6-4-3-5-7-11/h3-7,10,12-14,21H,8-9,18H2,1-2H3,(H,19,22)(H,20,23)(H,24,25). The molecule has 0 saturated carbocycles. The Morgan fingerprint density at radius 3 is 2.16 bits per heavy atom. The lowest BCUT2D eigenvalue weighted by Gasteiger charge is -2.24. The van der Waals surface area contributed by atoms with Gasteiger partial charge in [0.25, 0.3) is 0 Å². The summed E-state index contributed by atoms with van der Waals surface area (Å²) < 4.78 is 0. The van der Waals surface area contributed by atoms with E-state index in [0.29, 0.717) is 0 Å². The lowest BCUT2D eigenvalue weighted by atomic mass is 10.0. The van der Waals surface area contributed by atoms with Gasteiger partial charge >= 0.3 is 5.97 Å². The third kappa shape index (κ3) is 6.52. The first kappa shape index (κ1) is 20.6. The van der Waals surface area contributed by atoms with Crippen molar-refractivity contribution < 1.29 is 24.6 Å². The van der Waals surface area contributed by atoms with Gasteiger partial charge in [0.15, 0.2) is 0 Å². The molecule has 0 aliphatic heterocycles. The molecule has 0 aliphatic rings. The van der Waals surface area contributed by atoms with E-state index in [4.69, 9.17) is 10.8 Å². The molecule has 0 fully saturated rings. The molecule has 3 unspecified atom stereocenters. The monoisotopic (exact) mass is 351 g/mol. The highest BCUT2D eigenvalue weighted by atomic mass is 16.4. The summed E-state index contributed by atoms with van der Waals surface area (Å²) in [6, 6.07) is 5.73. The molecular weight excluding hydrogens is 326 g/mol. The van der Waals surface area contributed by atoms with Crippen LogP contribution in [0.25, 0.3) is 0 Å². The van der Waals surface area contributed by atoms with Crippen LogP contribution in [0.1, 0.15) is 19.4 Å². The Bertz CT molecular complexity index is 591. The van der Waals surface area contributed by atoms with Gasteiger partial charge in [-0.05, 0) is 11.5 Å². The average Bonchev–Trinajstić information content (AvgIpc) is 2.58. The maximum Gasteiger partial charge on any atom is 0.326 e. The summed E-state index contributed by atoms with van der Waals surface area (Å²) in [6.07, 6.45) is 0.168. The van der Waals surface area contributed by atoms with Crippen LogP contribution in [0.15, 0.2) is 30.3 Å². The average molecular weight is 351 g/mol. The topological polar surface area (TPSA) is 142 Å². The highest BCUT2D eigenvalue weighted by Crippen LogP contribution is 2.07. The van der Waals surface area contributed by atoms with E-state index in [1.165, 1.54) is 0 Å². The Kier molecular flexibility index (Phi) is 8.03. The van der Waals surface area contributed by atoms with Crippen molar-refractivity contribution in [3.8, 4) is 0 Å². The number of amides is 2. The van der Waals surface area contributed by atoms with Gasteiger partial charge in [0, 0.05) is 6.42 Å². The summed E-state index contributed by atoms with van der Waals surface area (Å²) in [4.78, 5) is 35.7. The number of nitrogens with one attached hydrogen (secondary N) is 2. The molecule has 0 saturated heterocycles. The molecule has 2 amide bonds. The van der Waals surface area contributed by atoms with Crippen LogP contribution in [0.4, 0.5) is 0 Å². The number of carbonyl (C=O) groups excluding carboxylic acids is 2. The lowest BCUT2D eigenvalue weighted by Crippen LogP contribution is -2.56. The van der Waals surface area contributed by atoms with Crippen LogP contribution in [0.5, 0.6) is 0 Å². The van der Waals surface area contributed by atoms with Crippen molar-refractivity contribution in [3.05, 3.63) is 35.9 Å². The van der Waals surface area contributed by atoms with Crippen LogP contribution < -0.4 is 16.4 Å². The summed E-state index contributed by atoms with van der Waals surface area (Å²) in [6.45, 7) is 2.78. The number of aliphatic hydroxyl groups is 1. The van der Waals surface area contributed by atoms with E-state index in [0.717, 1.165) is 5.56 Å². The van der Waals surface area contributed by atoms with Crippen molar-refractivity contribution in [1.82, 2.24) is 10.6 Å². The van der Waals surface area contributed by atoms with Crippen molar-refractivity contribution in [2.24, 2.45) is 11.7 Å². The Morgan fingerprint density at radius 1 is 1.08 bits per heavy atom. The van der Waals surface area contributed by atoms with E-state index in [1.807, 2.05) is 6.07 Å². The van der Waals surface area contributed by atoms with E-state index in [2.05, 4.69) is 10.6 Å². The van der Waals surface area contributed by atoms with Crippen LogP contribution in [0.2, 0.25) is 0 Å². The fourth-order valence-electron chi connectivity index (χ4n) is 2.19. The quantitative estimate of drug-likeness (QED) is 0.397. The van der Waals surface area contributed by atoms with Gasteiger partial charge in [0.2, 0.25) is 11.8 Å². The third-order valence-electron chi connectivity index (χ3n) is 3.68. The van der Waals surface area contributed by atoms with E-state index in [9.17, 15) is 19.5 Å². The third-order valence-corrected chi connectivity index (χ3v) is 3.68. The van der Waals surface area contributed by atoms with Crippen LogP contribution in [-0.2, 0) is 20.8 Å². The zero-order valence-electron chi connectivity index (χ0n) is 14.3. The molecule has 8 heteroatoms. The molecule has 3 atom stereocenters. The maximum atomic E-state index is 12.5. The second-order valence-corrected chi connectivity index (χ2v) is 6.11. The molecule has 0 heterocycles. The fourth-order valence-corrected chi connectivity index (χ4v) is 2.19. The van der Waals surface area contributed by atoms with Crippen molar-refractivity contribution in [2.45, 2.75) is 38.4 Å². The van der Waals surface area contributed by atoms with Crippen LogP contribution in [0, 0.1) is 5.92 Å². The zero-order valence-corrected chi connectivity index (χ0v) is 14.3. The number of carboxylic acids is 1. The van der Waals surface area contributed by atoms with Crippen LogP contribution in [0.3, 0.4) is 0 Å². The van der Waals surface area contributed by atoms with Gasteiger partial charge in [-0.2, -0.15) is 0 Å². The zero-order chi connectivity index (χ0) is 19.0. The van der Waals surface area contributed by atoms with Gasteiger partial charge in [0.05, 0.1) is 6.61 Å². The number of hydrogen-bond donors (Lipinski definition) is 5. The first-order valence-corrected chi connectivity index (χ1v) is 8.00. The SMILES string of the molecule is CC(C)C(NC(=O)C(Cc1ccccc1)NC(=O)C(N)CO)C(=O)O. The van der Waals surface area contributed by atoms with Gasteiger partial charge in [-0.15, -0.1) is 0 Å². The van der Waals surface area contributed by atoms with E-state index in [-0.39, 0.29) is 12.3 Å². The molecule has 6 N–H and O–H groups in total. The molecule has 1 aromatic carbocycles. The number of carbonyl (C=O) groups is 3. The highest BCUT2D eigenvalue weighted by molar-refractivity contribution is 5.92. The highest BCUT2D eigenvalue weighted by Gasteiger charge is 2.29. The smallest absolute Gasteiger partial charge is 0.326 e. The van der Waals surface area contributed by atoms with Crippen molar-refractivity contribution in [1.29, 1.82) is 0 Å². The summed E-state index contributed by atoms with van der Waals surface area (Å²) >= 11 is 0. The minimum atomic E-state index is -1.16. The summed E-state index contributed by atoms with van der Waals surface area (Å²) in [5.74, 6) is -2.78. The molecule has 0 bridgehead atoms. The molecule has 1 aromatic rings. The lowest BCUT2D eigenvalue weighted by molar-refractivity contribution is -0.143. The van der Waals surface area contributed by atoms with Gasteiger partial charge in [0.1, 0.15) is 18.1 Å². The van der Waals surface area contributed by atoms with Crippen molar-refractivity contribution >= 4 is 17.8 Å². The fraction of sp³-hybridized carbons (Fsp3) is 0.471. The predicted molar refractivity (Wildman–Crippen MR) is 91.5 cm³/mol. The van der Waals surface area contributed by atoms with Gasteiger partial charge in [-0.3, -0.25) is 9.59 Å². The van der Waals surface area contributed by atoms with Crippen molar-refractivity contribution in [3.63, 3.8) is 0 Å². The molecule has 8 nitrogen and oxygen atoms in total. The van der Waals surface area contributed by atoms with Gasteiger partial charge in [-0.1, -0.05) is 44.2 Å². The number of rotatable bonds is 9. The number of nitrogens with two attached hydrogens (primary N) is 1. The molecule has 0 radical (unpaired) electrons. The Labute approximate surface area is 146 Å². The first-order chi connectivity index (χ1) is 11.8. The number of carboxylic acid groups (broad SMARTS) is 1. The van der Waals surface area contributed by atoms with Gasteiger partial charge in [-0.25, -0.2) is 4.79 Å². The second kappa shape index (κ2) is 9.75. The molecular formula is C17H25N3O5. The van der Waals surface area contributed by atoms with E-state index < -0.39 is 42.5 Å². The predicted octanol–water partition coefficient (Wildman–Crippen LogP) is -0.741. The van der Waals surface area contributed by atoms with Crippen molar-refractivity contribution in [2.75, 3.05) is 6.61 Å². The Hall–Kier alpha value is -2.45. The minimum absolute atomic E-state index is 0.168. The summed E-state index contributed by atoms with van der Waals surface area (Å²) in [5.41, 5.74) is 6.26. The molecule has 138 valence electrons. The summed E-state index contributed by atoms with van der Waals surface area (Å²) in [5, 5.41) is 23.1. The second-order valence-electron chi connectivity index (χ2n) is 6.11. The molecule has 25 heavy (non-hydrogen) atoms. The Balaban J connectivity index is 2.93. The van der Waals surface area contributed by atoms with E-state index >= 15 is 0 Å². The van der Waals surface area contributed by atoms with E-state index in [1.54, 1.807) is 38.1 Å². The first-order valence-electron chi connectivity index (χ1n) is 8.00. The normalized spacial score (nSPS) is 14.4. The molecule has 0 aliphatic carbocycles. The Morgan fingerprint density at radius 2 is 1.68 bits per heavy atom. The summed E-state index contributed by atoms with van der Waals surface area (Å²) in [7, 11) is 0. The maximum absolute atomic E-state index is 12.5.